The minimum atomic E-state index is -0.164. The third-order valence-electron chi connectivity index (χ3n) is 4.54. The van der Waals surface area contributed by atoms with Crippen molar-refractivity contribution < 1.29 is 14.3 Å². The molecule has 1 aliphatic heterocycles. The molecule has 12 heteroatoms. The van der Waals surface area contributed by atoms with Crippen LogP contribution < -0.4 is 20.3 Å². The second-order valence-electron chi connectivity index (χ2n) is 6.96. The number of carbonyl (C=O) groups excluding carboxylic acids is 2. The van der Waals surface area contributed by atoms with E-state index in [4.69, 9.17) is 4.74 Å². The Morgan fingerprint density at radius 1 is 1.03 bits per heavy atom. The molecule has 0 spiro atoms. The Kier molecular flexibility index (Phi) is 6.67. The third kappa shape index (κ3) is 5.95. The lowest BCUT2D eigenvalue weighted by atomic mass is 10.1. The van der Waals surface area contributed by atoms with E-state index in [2.05, 4.69) is 35.9 Å². The monoisotopic (exact) mass is 459 g/mol. The van der Waals surface area contributed by atoms with Crippen LogP contribution in [-0.4, -0.2) is 51.4 Å². The first-order chi connectivity index (χ1) is 15.0. The number of hydrogen-bond acceptors (Lipinski definition) is 10. The molecule has 1 aliphatic rings. The summed E-state index contributed by atoms with van der Waals surface area (Å²) in [6.45, 7) is 2.97. The highest BCUT2D eigenvalue weighted by Gasteiger charge is 2.24. The highest BCUT2D eigenvalue weighted by molar-refractivity contribution is 7.19. The van der Waals surface area contributed by atoms with Gasteiger partial charge in [0.15, 0.2) is 0 Å². The molecular formula is C19H21N7O3S2. The molecule has 10 nitrogen and oxygen atoms in total. The van der Waals surface area contributed by atoms with E-state index in [1.807, 2.05) is 30.3 Å². The van der Waals surface area contributed by atoms with Crippen molar-refractivity contribution in [1.82, 2.24) is 20.4 Å². The first-order valence-corrected chi connectivity index (χ1v) is 11.4. The van der Waals surface area contributed by atoms with E-state index in [0.29, 0.717) is 15.5 Å². The third-order valence-corrected chi connectivity index (χ3v) is 6.17. The van der Waals surface area contributed by atoms with Gasteiger partial charge in [-0.25, -0.2) is 0 Å². The van der Waals surface area contributed by atoms with Crippen molar-refractivity contribution in [2.75, 3.05) is 28.6 Å². The lowest BCUT2D eigenvalue weighted by molar-refractivity contribution is -0.116. The van der Waals surface area contributed by atoms with E-state index >= 15 is 0 Å². The van der Waals surface area contributed by atoms with E-state index in [1.165, 1.54) is 29.6 Å². The van der Waals surface area contributed by atoms with Crippen LogP contribution in [0.1, 0.15) is 25.3 Å². The first-order valence-electron chi connectivity index (χ1n) is 9.75. The second kappa shape index (κ2) is 9.79. The molecule has 0 bridgehead atoms. The molecule has 4 rings (SSSR count). The fraction of sp³-hybridized carbons (Fsp3) is 0.368. The second-order valence-corrected chi connectivity index (χ2v) is 8.85. The topological polar surface area (TPSA) is 122 Å². The number of ether oxygens (including phenoxy) is 1. The number of nitrogens with zero attached hydrogens (tertiary/aromatic N) is 5. The summed E-state index contributed by atoms with van der Waals surface area (Å²) in [6.07, 6.45) is 1.89. The largest absolute Gasteiger partial charge is 0.465 e. The summed E-state index contributed by atoms with van der Waals surface area (Å²) in [7, 11) is 0. The van der Waals surface area contributed by atoms with Crippen LogP contribution in [0.5, 0.6) is 5.19 Å². The fourth-order valence-corrected chi connectivity index (χ4v) is 4.62. The van der Waals surface area contributed by atoms with Crippen LogP contribution in [0.3, 0.4) is 0 Å². The summed E-state index contributed by atoms with van der Waals surface area (Å²) in [5.41, 5.74) is 0.937. The molecule has 2 N–H and O–H groups in total. The number of nitrogens with one attached hydrogen (secondary N) is 2. The van der Waals surface area contributed by atoms with Gasteiger partial charge in [-0.15, -0.1) is 15.3 Å². The number of aromatic nitrogens is 4. The molecule has 0 saturated carbocycles. The molecule has 1 saturated heterocycles. The van der Waals surface area contributed by atoms with Gasteiger partial charge in [0.05, 0.1) is 6.42 Å². The van der Waals surface area contributed by atoms with Gasteiger partial charge in [0.2, 0.25) is 27.2 Å². The molecule has 0 aliphatic carbocycles. The van der Waals surface area contributed by atoms with Gasteiger partial charge in [-0.2, -0.15) is 0 Å². The smallest absolute Gasteiger partial charge is 0.296 e. The van der Waals surface area contributed by atoms with Crippen molar-refractivity contribution in [3.8, 4) is 5.19 Å². The highest BCUT2D eigenvalue weighted by Crippen LogP contribution is 2.29. The van der Waals surface area contributed by atoms with Crippen molar-refractivity contribution in [2.24, 2.45) is 0 Å². The fourth-order valence-electron chi connectivity index (χ4n) is 3.10. The maximum absolute atomic E-state index is 12.2. The summed E-state index contributed by atoms with van der Waals surface area (Å²) in [5, 5.41) is 23.7. The Labute approximate surface area is 186 Å². The van der Waals surface area contributed by atoms with Gasteiger partial charge >= 0.3 is 0 Å². The lowest BCUT2D eigenvalue weighted by Crippen LogP contribution is -2.38. The zero-order valence-corrected chi connectivity index (χ0v) is 18.4. The average Bonchev–Trinajstić information content (AvgIpc) is 3.38. The normalized spacial score (nSPS) is 14.3. The zero-order valence-electron chi connectivity index (χ0n) is 16.8. The highest BCUT2D eigenvalue weighted by atomic mass is 32.1. The summed E-state index contributed by atoms with van der Waals surface area (Å²) in [4.78, 5) is 25.4. The minimum absolute atomic E-state index is 0.0137. The number of amides is 2. The number of rotatable bonds is 7. The summed E-state index contributed by atoms with van der Waals surface area (Å²) >= 11 is 2.57. The van der Waals surface area contributed by atoms with Crippen LogP contribution in [-0.2, 0) is 16.0 Å². The average molecular weight is 460 g/mol. The Morgan fingerprint density at radius 2 is 1.74 bits per heavy atom. The molecule has 162 valence electrons. The Bertz CT molecular complexity index is 1030. The van der Waals surface area contributed by atoms with Crippen LogP contribution in [0, 0.1) is 0 Å². The predicted octanol–water partition coefficient (Wildman–Crippen LogP) is 2.58. The van der Waals surface area contributed by atoms with Crippen LogP contribution >= 0.6 is 22.7 Å². The molecule has 1 aromatic carbocycles. The molecule has 0 unspecified atom stereocenters. The van der Waals surface area contributed by atoms with Crippen LogP contribution in [0.4, 0.5) is 15.4 Å². The van der Waals surface area contributed by atoms with Crippen molar-refractivity contribution in [2.45, 2.75) is 32.3 Å². The minimum Gasteiger partial charge on any atom is -0.465 e. The molecule has 3 aromatic rings. The van der Waals surface area contributed by atoms with Crippen molar-refractivity contribution in [3.05, 3.63) is 35.9 Å². The lowest BCUT2D eigenvalue weighted by Gasteiger charge is -2.30. The Morgan fingerprint density at radius 3 is 2.48 bits per heavy atom. The van der Waals surface area contributed by atoms with Gasteiger partial charge in [-0.1, -0.05) is 46.8 Å². The predicted molar refractivity (Wildman–Crippen MR) is 119 cm³/mol. The van der Waals surface area contributed by atoms with E-state index in [1.54, 1.807) is 0 Å². The summed E-state index contributed by atoms with van der Waals surface area (Å²) in [5.74, 6) is -0.305. The van der Waals surface area contributed by atoms with Crippen molar-refractivity contribution >= 4 is 49.9 Å². The number of anilines is 3. The zero-order chi connectivity index (χ0) is 21.6. The van der Waals surface area contributed by atoms with Gasteiger partial charge in [0.1, 0.15) is 6.10 Å². The number of carbonyl (C=O) groups is 2. The molecule has 3 heterocycles. The van der Waals surface area contributed by atoms with Crippen LogP contribution in [0.25, 0.3) is 0 Å². The van der Waals surface area contributed by atoms with Gasteiger partial charge in [0.25, 0.3) is 5.19 Å². The molecule has 2 amide bonds. The van der Waals surface area contributed by atoms with E-state index in [0.717, 1.165) is 36.6 Å². The van der Waals surface area contributed by atoms with Gasteiger partial charge in [-0.05, 0) is 16.9 Å². The summed E-state index contributed by atoms with van der Waals surface area (Å²) in [6, 6.07) is 9.53. The molecule has 0 radical (unpaired) electrons. The maximum atomic E-state index is 12.2. The Balaban J connectivity index is 1.24. The van der Waals surface area contributed by atoms with E-state index < -0.39 is 0 Å². The van der Waals surface area contributed by atoms with Gasteiger partial charge in [-0.3, -0.25) is 9.59 Å². The number of hydrogen-bond donors (Lipinski definition) is 2. The maximum Gasteiger partial charge on any atom is 0.296 e. The van der Waals surface area contributed by atoms with Crippen LogP contribution in [0.15, 0.2) is 30.3 Å². The van der Waals surface area contributed by atoms with Gasteiger partial charge < -0.3 is 20.3 Å². The van der Waals surface area contributed by atoms with E-state index in [-0.39, 0.29) is 24.3 Å². The molecule has 31 heavy (non-hydrogen) atoms. The van der Waals surface area contributed by atoms with Gasteiger partial charge in [0, 0.05) is 32.9 Å². The summed E-state index contributed by atoms with van der Waals surface area (Å²) < 4.78 is 5.96. The molecular weight excluding hydrogens is 438 g/mol. The first kappa shape index (κ1) is 21.1. The quantitative estimate of drug-likeness (QED) is 0.553. The number of piperidine rings is 1. The van der Waals surface area contributed by atoms with E-state index in [9.17, 15) is 9.59 Å². The molecule has 1 fully saturated rings. The SMILES string of the molecule is CC(=O)Nc1nnc(N2CCC(Oc3nnc(NC(=O)Cc4ccccc4)s3)CC2)s1. The van der Waals surface area contributed by atoms with Crippen molar-refractivity contribution in [1.29, 1.82) is 0 Å². The van der Waals surface area contributed by atoms with Crippen molar-refractivity contribution in [3.63, 3.8) is 0 Å². The Hall–Kier alpha value is -3.12. The number of benzene rings is 1. The molecule has 0 atom stereocenters. The molecule has 2 aromatic heterocycles. The standard InChI is InChI=1S/C19H21N7O3S2/c1-12(27)20-16-22-24-18(30-16)26-9-7-14(8-10-26)29-19-25-23-17(31-19)21-15(28)11-13-5-3-2-4-6-13/h2-6,14H,7-11H2,1H3,(H,20,22,27)(H,21,23,28). The van der Waals surface area contributed by atoms with Crippen LogP contribution in [0.2, 0.25) is 0 Å².